The number of carbonyl (C=O) groups is 1. The van der Waals surface area contributed by atoms with Gasteiger partial charge in [-0.1, -0.05) is 0 Å². The SMILES string of the molecule is CC(C)(Nc1ccc(C#N)cc1F)C(N)=O. The molecule has 0 heterocycles. The molecule has 0 atom stereocenters. The van der Waals surface area contributed by atoms with Gasteiger partial charge >= 0.3 is 0 Å². The minimum Gasteiger partial charge on any atom is -0.369 e. The minimum absolute atomic E-state index is 0.141. The highest BCUT2D eigenvalue weighted by molar-refractivity contribution is 5.87. The van der Waals surface area contributed by atoms with Crippen LogP contribution in [0.2, 0.25) is 0 Å². The summed E-state index contributed by atoms with van der Waals surface area (Å²) in [6, 6.07) is 5.78. The molecule has 0 fully saturated rings. The van der Waals surface area contributed by atoms with Gasteiger partial charge in [0, 0.05) is 0 Å². The maximum Gasteiger partial charge on any atom is 0.242 e. The van der Waals surface area contributed by atoms with Gasteiger partial charge in [0.15, 0.2) is 0 Å². The molecule has 4 nitrogen and oxygen atoms in total. The summed E-state index contributed by atoms with van der Waals surface area (Å²) in [4.78, 5) is 11.0. The third-order valence-electron chi connectivity index (χ3n) is 2.16. The normalized spacial score (nSPS) is 10.6. The molecule has 5 heteroatoms. The van der Waals surface area contributed by atoms with Crippen molar-refractivity contribution in [2.24, 2.45) is 5.73 Å². The zero-order chi connectivity index (χ0) is 12.3. The Labute approximate surface area is 92.9 Å². The zero-order valence-corrected chi connectivity index (χ0v) is 9.04. The number of hydrogen-bond donors (Lipinski definition) is 2. The van der Waals surface area contributed by atoms with Gasteiger partial charge in [-0.05, 0) is 32.0 Å². The molecule has 0 bridgehead atoms. The Balaban J connectivity index is 3.00. The molecule has 84 valence electrons. The molecule has 0 aliphatic rings. The zero-order valence-electron chi connectivity index (χ0n) is 9.04. The maximum absolute atomic E-state index is 13.5. The molecule has 3 N–H and O–H groups in total. The predicted molar refractivity (Wildman–Crippen MR) is 58.0 cm³/mol. The van der Waals surface area contributed by atoms with E-state index >= 15 is 0 Å². The number of amides is 1. The standard InChI is InChI=1S/C11H12FN3O/c1-11(2,10(14)16)15-9-4-3-7(6-13)5-8(9)12/h3-5,15H,1-2H3,(H2,14,16). The van der Waals surface area contributed by atoms with E-state index in [0.717, 1.165) is 6.07 Å². The Hall–Kier alpha value is -2.09. The second-order valence-electron chi connectivity index (χ2n) is 3.92. The summed E-state index contributed by atoms with van der Waals surface area (Å²) in [5.74, 6) is -1.18. The van der Waals surface area contributed by atoms with E-state index in [2.05, 4.69) is 5.32 Å². The Kier molecular flexibility index (Phi) is 3.14. The lowest BCUT2D eigenvalue weighted by Crippen LogP contribution is -2.45. The molecule has 1 aromatic carbocycles. The first kappa shape index (κ1) is 12.0. The Bertz CT molecular complexity index is 463. The first-order valence-corrected chi connectivity index (χ1v) is 4.64. The fourth-order valence-electron chi connectivity index (χ4n) is 1.08. The summed E-state index contributed by atoms with van der Waals surface area (Å²) in [5, 5.41) is 11.2. The highest BCUT2D eigenvalue weighted by Crippen LogP contribution is 2.19. The van der Waals surface area contributed by atoms with Crippen LogP contribution in [0.1, 0.15) is 19.4 Å². The highest BCUT2D eigenvalue weighted by atomic mass is 19.1. The van der Waals surface area contributed by atoms with E-state index < -0.39 is 17.3 Å². The van der Waals surface area contributed by atoms with Crippen LogP contribution >= 0.6 is 0 Å². The van der Waals surface area contributed by atoms with Crippen LogP contribution in [-0.4, -0.2) is 11.4 Å². The first-order valence-electron chi connectivity index (χ1n) is 4.64. The van der Waals surface area contributed by atoms with Crippen molar-refractivity contribution in [3.8, 4) is 6.07 Å². The smallest absolute Gasteiger partial charge is 0.242 e. The van der Waals surface area contributed by atoms with E-state index in [4.69, 9.17) is 11.0 Å². The number of benzene rings is 1. The number of nitriles is 1. The summed E-state index contributed by atoms with van der Waals surface area (Å²) >= 11 is 0. The molecule has 0 saturated carbocycles. The monoisotopic (exact) mass is 221 g/mol. The summed E-state index contributed by atoms with van der Waals surface area (Å²) in [5.41, 5.74) is 4.46. The third-order valence-corrected chi connectivity index (χ3v) is 2.16. The van der Waals surface area contributed by atoms with Crippen LogP contribution in [0.25, 0.3) is 0 Å². The molecule has 0 aromatic heterocycles. The number of halogens is 1. The average Bonchev–Trinajstić information content (AvgIpc) is 2.20. The minimum atomic E-state index is -1.05. The van der Waals surface area contributed by atoms with Crippen LogP contribution in [0.3, 0.4) is 0 Å². The predicted octanol–water partition coefficient (Wildman–Crippen LogP) is 1.37. The van der Waals surface area contributed by atoms with Gasteiger partial charge in [-0.3, -0.25) is 4.79 Å². The molecule has 16 heavy (non-hydrogen) atoms. The molecule has 0 unspecified atom stereocenters. The maximum atomic E-state index is 13.5. The lowest BCUT2D eigenvalue weighted by Gasteiger charge is -2.23. The fraction of sp³-hybridized carbons (Fsp3) is 0.273. The quantitative estimate of drug-likeness (QED) is 0.809. The number of carbonyl (C=O) groups excluding carboxylic acids is 1. The van der Waals surface area contributed by atoms with Gasteiger partial charge in [-0.2, -0.15) is 5.26 Å². The largest absolute Gasteiger partial charge is 0.369 e. The molecule has 0 spiro atoms. The van der Waals surface area contributed by atoms with Crippen LogP contribution in [-0.2, 0) is 4.79 Å². The Morgan fingerprint density at radius 3 is 2.62 bits per heavy atom. The average molecular weight is 221 g/mol. The van der Waals surface area contributed by atoms with Gasteiger partial charge < -0.3 is 11.1 Å². The van der Waals surface area contributed by atoms with Gasteiger partial charge in [-0.15, -0.1) is 0 Å². The molecule has 1 amide bonds. The van der Waals surface area contributed by atoms with Crippen molar-refractivity contribution >= 4 is 11.6 Å². The van der Waals surface area contributed by atoms with E-state index in [1.165, 1.54) is 12.1 Å². The van der Waals surface area contributed by atoms with Crippen molar-refractivity contribution in [2.75, 3.05) is 5.32 Å². The second kappa shape index (κ2) is 4.19. The van der Waals surface area contributed by atoms with Crippen molar-refractivity contribution in [3.63, 3.8) is 0 Å². The van der Waals surface area contributed by atoms with Gasteiger partial charge in [0.25, 0.3) is 0 Å². The molecule has 0 aliphatic heterocycles. The molecule has 1 rings (SSSR count). The Morgan fingerprint density at radius 1 is 1.56 bits per heavy atom. The molecular formula is C11H12FN3O. The first-order chi connectivity index (χ1) is 7.36. The molecular weight excluding hydrogens is 209 g/mol. The number of nitrogens with two attached hydrogens (primary N) is 1. The number of hydrogen-bond acceptors (Lipinski definition) is 3. The van der Waals surface area contributed by atoms with Crippen LogP contribution in [0, 0.1) is 17.1 Å². The number of rotatable bonds is 3. The van der Waals surface area contributed by atoms with Crippen molar-refractivity contribution in [1.82, 2.24) is 0 Å². The fourth-order valence-corrected chi connectivity index (χ4v) is 1.08. The summed E-state index contributed by atoms with van der Waals surface area (Å²) in [7, 11) is 0. The van der Waals surface area contributed by atoms with E-state index in [9.17, 15) is 9.18 Å². The summed E-state index contributed by atoms with van der Waals surface area (Å²) in [6.45, 7) is 3.10. The molecule has 1 aromatic rings. The Morgan fingerprint density at radius 2 is 2.19 bits per heavy atom. The van der Waals surface area contributed by atoms with Crippen molar-refractivity contribution in [3.05, 3.63) is 29.6 Å². The summed E-state index contributed by atoms with van der Waals surface area (Å²) in [6.07, 6.45) is 0. The molecule has 0 radical (unpaired) electrons. The van der Waals surface area contributed by atoms with Gasteiger partial charge in [-0.25, -0.2) is 4.39 Å². The number of anilines is 1. The van der Waals surface area contributed by atoms with Crippen LogP contribution in [0.4, 0.5) is 10.1 Å². The molecule has 0 saturated heterocycles. The molecule has 0 aliphatic carbocycles. The van der Waals surface area contributed by atoms with E-state index in [1.54, 1.807) is 13.8 Å². The lowest BCUT2D eigenvalue weighted by molar-refractivity contribution is -0.121. The van der Waals surface area contributed by atoms with E-state index in [0.29, 0.717) is 0 Å². The van der Waals surface area contributed by atoms with Gasteiger partial charge in [0.1, 0.15) is 11.4 Å². The number of nitrogens with one attached hydrogen (secondary N) is 1. The summed E-state index contributed by atoms with van der Waals surface area (Å²) < 4.78 is 13.5. The van der Waals surface area contributed by atoms with Crippen molar-refractivity contribution < 1.29 is 9.18 Å². The number of nitrogens with zero attached hydrogens (tertiary/aromatic N) is 1. The highest BCUT2D eigenvalue weighted by Gasteiger charge is 2.25. The van der Waals surface area contributed by atoms with E-state index in [-0.39, 0.29) is 11.3 Å². The van der Waals surface area contributed by atoms with E-state index in [1.807, 2.05) is 6.07 Å². The van der Waals surface area contributed by atoms with Crippen molar-refractivity contribution in [2.45, 2.75) is 19.4 Å². The van der Waals surface area contributed by atoms with Gasteiger partial charge in [0.2, 0.25) is 5.91 Å². The van der Waals surface area contributed by atoms with Crippen molar-refractivity contribution in [1.29, 1.82) is 5.26 Å². The second-order valence-corrected chi connectivity index (χ2v) is 3.92. The lowest BCUT2D eigenvalue weighted by atomic mass is 10.0. The topological polar surface area (TPSA) is 78.9 Å². The third kappa shape index (κ3) is 2.48. The van der Waals surface area contributed by atoms with Crippen LogP contribution in [0.5, 0.6) is 0 Å². The van der Waals surface area contributed by atoms with Gasteiger partial charge in [0.05, 0.1) is 17.3 Å². The van der Waals surface area contributed by atoms with Crippen LogP contribution < -0.4 is 11.1 Å². The number of primary amides is 1. The van der Waals surface area contributed by atoms with Crippen LogP contribution in [0.15, 0.2) is 18.2 Å².